The summed E-state index contributed by atoms with van der Waals surface area (Å²) in [5.74, 6) is 0. The van der Waals surface area contributed by atoms with Crippen molar-refractivity contribution < 1.29 is 18.3 Å². The molecule has 0 amide bonds. The van der Waals surface area contributed by atoms with Crippen molar-refractivity contribution in [2.75, 3.05) is 0 Å². The van der Waals surface area contributed by atoms with Gasteiger partial charge >= 0.3 is 6.18 Å². The number of hydrogen-bond acceptors (Lipinski definition) is 1. The van der Waals surface area contributed by atoms with Crippen LogP contribution in [0.2, 0.25) is 0 Å². The normalized spacial score (nSPS) is 13.8. The fraction of sp³-hybridized carbons (Fsp3) is 0.333. The van der Waals surface area contributed by atoms with Gasteiger partial charge in [-0.1, -0.05) is 29.8 Å². The zero-order valence-electron chi connectivity index (χ0n) is 11.0. The Bertz CT molecular complexity index is 587. The smallest absolute Gasteiger partial charge is 0.379 e. The highest BCUT2D eigenvalue weighted by Crippen LogP contribution is 2.42. The summed E-state index contributed by atoms with van der Waals surface area (Å²) in [4.78, 5) is 0. The molecule has 4 heteroatoms. The standard InChI is InChI=1S/C15H15F3O/c1-8-6-9(2)11-4-5-12(13(11)10(3)7-8)14(19)15(16,17)18/h4-7,14,19H,1-3H3/t14-/m1/s1. The van der Waals surface area contributed by atoms with Crippen LogP contribution in [-0.4, -0.2) is 11.3 Å². The third kappa shape index (κ3) is 2.45. The molecule has 2 rings (SSSR count). The van der Waals surface area contributed by atoms with E-state index in [1.807, 2.05) is 26.0 Å². The van der Waals surface area contributed by atoms with Gasteiger partial charge in [0.2, 0.25) is 0 Å². The molecule has 0 aliphatic heterocycles. The summed E-state index contributed by atoms with van der Waals surface area (Å²) < 4.78 is 38.1. The zero-order chi connectivity index (χ0) is 14.4. The topological polar surface area (TPSA) is 20.2 Å². The van der Waals surface area contributed by atoms with Gasteiger partial charge in [0, 0.05) is 0 Å². The zero-order valence-corrected chi connectivity index (χ0v) is 11.0. The summed E-state index contributed by atoms with van der Waals surface area (Å²) in [7, 11) is 0. The first-order valence-corrected chi connectivity index (χ1v) is 5.97. The fourth-order valence-electron chi connectivity index (χ4n) is 2.54. The van der Waals surface area contributed by atoms with E-state index in [2.05, 4.69) is 0 Å². The summed E-state index contributed by atoms with van der Waals surface area (Å²) in [5.41, 5.74) is 3.81. The largest absolute Gasteiger partial charge is 0.418 e. The predicted octanol–water partition coefficient (Wildman–Crippen LogP) is 4.31. The first-order valence-electron chi connectivity index (χ1n) is 5.97. The summed E-state index contributed by atoms with van der Waals surface area (Å²) in [5, 5.41) is 9.49. The molecule has 0 saturated carbocycles. The molecule has 1 atom stereocenters. The molecule has 102 valence electrons. The Balaban J connectivity index is 2.71. The van der Waals surface area contributed by atoms with E-state index >= 15 is 0 Å². The maximum atomic E-state index is 12.7. The maximum absolute atomic E-state index is 12.7. The van der Waals surface area contributed by atoms with E-state index in [1.165, 1.54) is 6.07 Å². The van der Waals surface area contributed by atoms with E-state index in [9.17, 15) is 18.3 Å². The van der Waals surface area contributed by atoms with E-state index in [4.69, 9.17) is 0 Å². The first-order chi connectivity index (χ1) is 8.71. The molecule has 0 radical (unpaired) electrons. The van der Waals surface area contributed by atoms with Gasteiger partial charge in [0.05, 0.1) is 0 Å². The van der Waals surface area contributed by atoms with Crippen LogP contribution in [0.15, 0.2) is 24.3 Å². The van der Waals surface area contributed by atoms with E-state index < -0.39 is 12.3 Å². The minimum absolute atomic E-state index is 0.0706. The molecule has 0 aromatic heterocycles. The molecule has 0 heterocycles. The van der Waals surface area contributed by atoms with E-state index in [-0.39, 0.29) is 5.56 Å². The maximum Gasteiger partial charge on any atom is 0.418 e. The Kier molecular flexibility index (Phi) is 3.31. The number of aliphatic hydroxyl groups is 1. The first kappa shape index (κ1) is 13.9. The SMILES string of the molecule is Cc1cc(C)c2ccc([C@@H](O)C(F)(F)F)c-2c(C)c1. The number of aliphatic hydroxyl groups excluding tert-OH is 1. The summed E-state index contributed by atoms with van der Waals surface area (Å²) >= 11 is 0. The van der Waals surface area contributed by atoms with Crippen molar-refractivity contribution >= 4 is 0 Å². The molecule has 0 unspecified atom stereocenters. The molecular weight excluding hydrogens is 253 g/mol. The quantitative estimate of drug-likeness (QED) is 0.817. The molecule has 2 aliphatic carbocycles. The second-order valence-corrected chi connectivity index (χ2v) is 4.92. The van der Waals surface area contributed by atoms with Crippen LogP contribution in [0.1, 0.15) is 28.4 Å². The summed E-state index contributed by atoms with van der Waals surface area (Å²) in [6.07, 6.45) is -7.09. The monoisotopic (exact) mass is 268 g/mol. The number of aryl methyl sites for hydroxylation is 3. The lowest BCUT2D eigenvalue weighted by Crippen LogP contribution is -2.20. The van der Waals surface area contributed by atoms with Gasteiger partial charge < -0.3 is 5.11 Å². The summed E-state index contributed by atoms with van der Waals surface area (Å²) in [6.45, 7) is 5.53. The van der Waals surface area contributed by atoms with Gasteiger partial charge in [-0.25, -0.2) is 0 Å². The summed E-state index contributed by atoms with van der Waals surface area (Å²) in [6, 6.07) is 6.76. The Labute approximate surface area is 110 Å². The van der Waals surface area contributed by atoms with Crippen molar-refractivity contribution in [1.82, 2.24) is 0 Å². The van der Waals surface area contributed by atoms with Crippen molar-refractivity contribution in [3.05, 3.63) is 46.5 Å². The molecule has 0 fully saturated rings. The third-order valence-corrected chi connectivity index (χ3v) is 3.30. The highest BCUT2D eigenvalue weighted by atomic mass is 19.4. The van der Waals surface area contributed by atoms with Crippen LogP contribution in [0.4, 0.5) is 13.2 Å². The average molecular weight is 268 g/mol. The molecule has 1 N–H and O–H groups in total. The molecule has 0 aromatic rings. The lowest BCUT2D eigenvalue weighted by atomic mass is 9.99. The average Bonchev–Trinajstić information content (AvgIpc) is 2.66. The highest BCUT2D eigenvalue weighted by Gasteiger charge is 2.41. The molecule has 1 nitrogen and oxygen atoms in total. The molecule has 19 heavy (non-hydrogen) atoms. The lowest BCUT2D eigenvalue weighted by molar-refractivity contribution is -0.206. The Hall–Kier alpha value is -1.55. The van der Waals surface area contributed by atoms with Crippen LogP contribution in [0.3, 0.4) is 0 Å². The minimum Gasteiger partial charge on any atom is -0.379 e. The van der Waals surface area contributed by atoms with Crippen molar-refractivity contribution in [1.29, 1.82) is 0 Å². The van der Waals surface area contributed by atoms with E-state index in [0.29, 0.717) is 5.56 Å². The number of rotatable bonds is 1. The van der Waals surface area contributed by atoms with Gasteiger partial charge in [-0.3, -0.25) is 0 Å². The molecule has 0 spiro atoms. The van der Waals surface area contributed by atoms with Crippen LogP contribution in [0, 0.1) is 20.8 Å². The van der Waals surface area contributed by atoms with E-state index in [0.717, 1.165) is 22.3 Å². The fourth-order valence-corrected chi connectivity index (χ4v) is 2.54. The van der Waals surface area contributed by atoms with Gasteiger partial charge in [0.15, 0.2) is 6.10 Å². The predicted molar refractivity (Wildman–Crippen MR) is 68.3 cm³/mol. The molecule has 0 aromatic carbocycles. The van der Waals surface area contributed by atoms with Gasteiger partial charge in [-0.2, -0.15) is 13.2 Å². The number of halogens is 3. The van der Waals surface area contributed by atoms with E-state index in [1.54, 1.807) is 13.0 Å². The van der Waals surface area contributed by atoms with Crippen molar-refractivity contribution in [2.24, 2.45) is 0 Å². The molecule has 0 saturated heterocycles. The van der Waals surface area contributed by atoms with Gasteiger partial charge in [-0.15, -0.1) is 0 Å². The van der Waals surface area contributed by atoms with Crippen molar-refractivity contribution in [3.63, 3.8) is 0 Å². The second-order valence-electron chi connectivity index (χ2n) is 4.92. The van der Waals surface area contributed by atoms with Crippen LogP contribution < -0.4 is 0 Å². The van der Waals surface area contributed by atoms with Crippen molar-refractivity contribution in [2.45, 2.75) is 33.1 Å². The third-order valence-electron chi connectivity index (χ3n) is 3.30. The molecular formula is C15H15F3O. The van der Waals surface area contributed by atoms with Crippen LogP contribution in [-0.2, 0) is 0 Å². The van der Waals surface area contributed by atoms with Crippen molar-refractivity contribution in [3.8, 4) is 11.1 Å². The van der Waals surface area contributed by atoms with Gasteiger partial charge in [0.1, 0.15) is 0 Å². The highest BCUT2D eigenvalue weighted by molar-refractivity contribution is 5.77. The second kappa shape index (κ2) is 4.53. The number of fused-ring (bicyclic) bond motifs is 1. The lowest BCUT2D eigenvalue weighted by Gasteiger charge is -2.16. The van der Waals surface area contributed by atoms with Gasteiger partial charge in [-0.05, 0) is 48.6 Å². The Morgan fingerprint density at radius 1 is 1.00 bits per heavy atom. The van der Waals surface area contributed by atoms with Crippen LogP contribution in [0.25, 0.3) is 11.1 Å². The Morgan fingerprint density at radius 2 is 1.58 bits per heavy atom. The molecule has 2 aliphatic rings. The number of hydrogen-bond donors (Lipinski definition) is 1. The van der Waals surface area contributed by atoms with Crippen LogP contribution >= 0.6 is 0 Å². The number of alkyl halides is 3. The molecule has 0 bridgehead atoms. The minimum atomic E-state index is -4.65. The van der Waals surface area contributed by atoms with Gasteiger partial charge in [0.25, 0.3) is 0 Å². The Morgan fingerprint density at radius 3 is 2.16 bits per heavy atom. The van der Waals surface area contributed by atoms with Crippen LogP contribution in [0.5, 0.6) is 0 Å².